The SMILES string of the molecule is CCOC(I)I. The van der Waals surface area contributed by atoms with Crippen molar-refractivity contribution in [2.75, 3.05) is 6.61 Å². The fraction of sp³-hybridized carbons (Fsp3) is 1.00. The Kier molecular flexibility index (Phi) is 5.66. The van der Waals surface area contributed by atoms with Gasteiger partial charge in [0.2, 0.25) is 0 Å². The molecule has 0 aliphatic heterocycles. The standard InChI is InChI=1S/C3H6I2O/c1-2-6-3(4)5/h3H,2H2,1H3. The van der Waals surface area contributed by atoms with E-state index in [4.69, 9.17) is 4.74 Å². The summed E-state index contributed by atoms with van der Waals surface area (Å²) in [5, 5.41) is 0. The topological polar surface area (TPSA) is 9.23 Å². The van der Waals surface area contributed by atoms with E-state index >= 15 is 0 Å². The first-order valence-corrected chi connectivity index (χ1v) is 4.16. The van der Waals surface area contributed by atoms with Crippen molar-refractivity contribution in [2.45, 2.75) is 9.04 Å². The Labute approximate surface area is 65.1 Å². The number of halogens is 2. The molecule has 0 radical (unpaired) electrons. The molecule has 0 heterocycles. The highest BCUT2D eigenvalue weighted by Crippen LogP contribution is 2.09. The molecule has 0 fully saturated rings. The summed E-state index contributed by atoms with van der Waals surface area (Å²) in [4.78, 5) is 0. The van der Waals surface area contributed by atoms with Gasteiger partial charge in [-0.1, -0.05) is 0 Å². The molecular formula is C3H6I2O. The first kappa shape index (κ1) is 7.42. The van der Waals surface area contributed by atoms with E-state index in [1.54, 1.807) is 0 Å². The summed E-state index contributed by atoms with van der Waals surface area (Å²) in [6.07, 6.45) is 0. The van der Waals surface area contributed by atoms with Crippen LogP contribution in [0.25, 0.3) is 0 Å². The van der Waals surface area contributed by atoms with Crippen molar-refractivity contribution in [3.63, 3.8) is 0 Å². The van der Waals surface area contributed by atoms with Crippen molar-refractivity contribution in [1.29, 1.82) is 0 Å². The molecule has 38 valence electrons. The Morgan fingerprint density at radius 1 is 1.67 bits per heavy atom. The van der Waals surface area contributed by atoms with Crippen molar-refractivity contribution in [3.05, 3.63) is 0 Å². The second-order valence-corrected chi connectivity index (χ2v) is 5.36. The molecular weight excluding hydrogens is 306 g/mol. The van der Waals surface area contributed by atoms with Crippen LogP contribution >= 0.6 is 45.2 Å². The Bertz CT molecular complexity index is 30.0. The lowest BCUT2D eigenvalue weighted by molar-refractivity contribution is 0.196. The predicted molar refractivity (Wildman–Crippen MR) is 43.5 cm³/mol. The number of hydrogen-bond donors (Lipinski definition) is 0. The molecule has 0 aromatic heterocycles. The molecule has 0 rings (SSSR count). The molecule has 1 nitrogen and oxygen atoms in total. The summed E-state index contributed by atoms with van der Waals surface area (Å²) in [7, 11) is 0. The van der Waals surface area contributed by atoms with Gasteiger partial charge in [0.15, 0.2) is 2.12 Å². The zero-order valence-corrected chi connectivity index (χ0v) is 7.76. The predicted octanol–water partition coefficient (Wildman–Crippen LogP) is 2.18. The minimum absolute atomic E-state index is 0.338. The van der Waals surface area contributed by atoms with Gasteiger partial charge >= 0.3 is 0 Å². The van der Waals surface area contributed by atoms with Gasteiger partial charge in [0.05, 0.1) is 0 Å². The minimum atomic E-state index is 0.338. The van der Waals surface area contributed by atoms with Gasteiger partial charge in [0, 0.05) is 6.61 Å². The maximum absolute atomic E-state index is 5.02. The van der Waals surface area contributed by atoms with Gasteiger partial charge in [-0.3, -0.25) is 0 Å². The Balaban J connectivity index is 2.63. The van der Waals surface area contributed by atoms with Crippen LogP contribution in [0.3, 0.4) is 0 Å². The largest absolute Gasteiger partial charge is 0.358 e. The molecule has 0 atom stereocenters. The second kappa shape index (κ2) is 4.58. The molecule has 0 aliphatic carbocycles. The van der Waals surface area contributed by atoms with Crippen LogP contribution in [0, 0.1) is 0 Å². The normalized spacial score (nSPS) is 10.0. The van der Waals surface area contributed by atoms with Crippen molar-refractivity contribution in [3.8, 4) is 0 Å². The van der Waals surface area contributed by atoms with Gasteiger partial charge in [-0.05, 0) is 52.1 Å². The molecule has 0 unspecified atom stereocenters. The quantitative estimate of drug-likeness (QED) is 0.561. The number of ether oxygens (including phenoxy) is 1. The Hall–Kier alpha value is 1.42. The van der Waals surface area contributed by atoms with E-state index in [9.17, 15) is 0 Å². The fourth-order valence-electron chi connectivity index (χ4n) is 0.126. The molecule has 0 spiro atoms. The lowest BCUT2D eigenvalue weighted by Gasteiger charge is -1.96. The zero-order valence-electron chi connectivity index (χ0n) is 3.45. The van der Waals surface area contributed by atoms with Gasteiger partial charge in [-0.15, -0.1) is 0 Å². The lowest BCUT2D eigenvalue weighted by atomic mass is 10.9. The van der Waals surface area contributed by atoms with Crippen molar-refractivity contribution in [2.24, 2.45) is 0 Å². The van der Waals surface area contributed by atoms with Crippen molar-refractivity contribution >= 4 is 45.2 Å². The van der Waals surface area contributed by atoms with E-state index in [0.717, 1.165) is 6.61 Å². The van der Waals surface area contributed by atoms with Crippen molar-refractivity contribution < 1.29 is 4.74 Å². The van der Waals surface area contributed by atoms with E-state index in [-0.39, 0.29) is 0 Å². The van der Waals surface area contributed by atoms with E-state index in [0.29, 0.717) is 2.12 Å². The van der Waals surface area contributed by atoms with E-state index in [2.05, 4.69) is 45.2 Å². The lowest BCUT2D eigenvalue weighted by Crippen LogP contribution is -1.91. The van der Waals surface area contributed by atoms with Crippen LogP contribution in [0.5, 0.6) is 0 Å². The van der Waals surface area contributed by atoms with Crippen LogP contribution in [-0.4, -0.2) is 8.72 Å². The van der Waals surface area contributed by atoms with Gasteiger partial charge in [0.25, 0.3) is 0 Å². The van der Waals surface area contributed by atoms with Gasteiger partial charge in [-0.25, -0.2) is 0 Å². The van der Waals surface area contributed by atoms with Crippen LogP contribution in [0.15, 0.2) is 0 Å². The monoisotopic (exact) mass is 312 g/mol. The van der Waals surface area contributed by atoms with Crippen LogP contribution < -0.4 is 0 Å². The van der Waals surface area contributed by atoms with Crippen LogP contribution in [0.1, 0.15) is 6.92 Å². The molecule has 0 amide bonds. The van der Waals surface area contributed by atoms with E-state index in [1.807, 2.05) is 6.92 Å². The first-order valence-electron chi connectivity index (χ1n) is 1.67. The Morgan fingerprint density at radius 3 is 2.17 bits per heavy atom. The molecule has 0 bridgehead atoms. The number of hydrogen-bond acceptors (Lipinski definition) is 1. The van der Waals surface area contributed by atoms with E-state index in [1.165, 1.54) is 0 Å². The highest BCUT2D eigenvalue weighted by Gasteiger charge is 1.88. The molecule has 0 aliphatic rings. The molecule has 0 aromatic carbocycles. The molecule has 6 heavy (non-hydrogen) atoms. The summed E-state index contributed by atoms with van der Waals surface area (Å²) < 4.78 is 5.35. The smallest absolute Gasteiger partial charge is 0.159 e. The van der Waals surface area contributed by atoms with Crippen LogP contribution in [0.4, 0.5) is 0 Å². The minimum Gasteiger partial charge on any atom is -0.358 e. The third kappa shape index (κ3) is 5.42. The van der Waals surface area contributed by atoms with Gasteiger partial charge in [-0.2, -0.15) is 0 Å². The maximum Gasteiger partial charge on any atom is 0.159 e. The Morgan fingerprint density at radius 2 is 2.17 bits per heavy atom. The summed E-state index contributed by atoms with van der Waals surface area (Å²) in [6, 6.07) is 0. The molecule has 3 heteroatoms. The summed E-state index contributed by atoms with van der Waals surface area (Å²) in [5.41, 5.74) is 0. The summed E-state index contributed by atoms with van der Waals surface area (Å²) in [5.74, 6) is 0. The van der Waals surface area contributed by atoms with Crippen LogP contribution in [0.2, 0.25) is 0 Å². The fourth-order valence-corrected chi connectivity index (χ4v) is 0.845. The van der Waals surface area contributed by atoms with Gasteiger partial charge < -0.3 is 4.74 Å². The highest BCUT2D eigenvalue weighted by molar-refractivity contribution is 14.2. The summed E-state index contributed by atoms with van der Waals surface area (Å²) in [6.45, 7) is 2.81. The number of rotatable bonds is 2. The second-order valence-electron chi connectivity index (χ2n) is 0.716. The molecule has 0 aromatic rings. The van der Waals surface area contributed by atoms with Crippen LogP contribution in [-0.2, 0) is 4.74 Å². The number of alkyl halides is 2. The molecule has 0 N–H and O–H groups in total. The highest BCUT2D eigenvalue weighted by atomic mass is 127. The van der Waals surface area contributed by atoms with Gasteiger partial charge in [0.1, 0.15) is 0 Å². The summed E-state index contributed by atoms with van der Waals surface area (Å²) >= 11 is 4.41. The average molecular weight is 312 g/mol. The maximum atomic E-state index is 5.02. The first-order chi connectivity index (χ1) is 2.77. The molecule has 0 saturated carbocycles. The zero-order chi connectivity index (χ0) is 4.99. The van der Waals surface area contributed by atoms with Crippen molar-refractivity contribution in [1.82, 2.24) is 0 Å². The third-order valence-corrected chi connectivity index (χ3v) is 1.01. The third-order valence-electron chi connectivity index (χ3n) is 0.293. The molecule has 0 saturated heterocycles. The van der Waals surface area contributed by atoms with E-state index < -0.39 is 0 Å². The average Bonchev–Trinajstić information content (AvgIpc) is 1.35.